The third-order valence-electron chi connectivity index (χ3n) is 3.94. The number of anilines is 1. The highest BCUT2D eigenvalue weighted by Crippen LogP contribution is 2.26. The van der Waals surface area contributed by atoms with Gasteiger partial charge < -0.3 is 10.1 Å². The molecular weight excluding hydrogens is 369 g/mol. The summed E-state index contributed by atoms with van der Waals surface area (Å²) in [7, 11) is 1.46. The zero-order chi connectivity index (χ0) is 19.6. The minimum absolute atomic E-state index is 0.174. The largest absolute Gasteiger partial charge is 0.480 e. The van der Waals surface area contributed by atoms with Crippen LogP contribution in [0.15, 0.2) is 41.3 Å². The first-order chi connectivity index (χ1) is 12.9. The van der Waals surface area contributed by atoms with Crippen molar-refractivity contribution in [1.82, 2.24) is 9.55 Å². The molecule has 0 aliphatic carbocycles. The van der Waals surface area contributed by atoms with E-state index in [9.17, 15) is 14.0 Å². The van der Waals surface area contributed by atoms with Gasteiger partial charge in [0.25, 0.3) is 0 Å². The molecule has 0 saturated carbocycles. The molecular formula is C19H18FN3O3S. The number of halogens is 1. The summed E-state index contributed by atoms with van der Waals surface area (Å²) < 4.78 is 19.8. The highest BCUT2D eigenvalue weighted by molar-refractivity contribution is 7.09. The summed E-state index contributed by atoms with van der Waals surface area (Å²) >= 11 is 1.05. The third kappa shape index (κ3) is 4.06. The molecule has 2 heterocycles. The van der Waals surface area contributed by atoms with E-state index in [0.717, 1.165) is 21.8 Å². The number of aryl methyl sites for hydroxylation is 2. The lowest BCUT2D eigenvalue weighted by atomic mass is 10.1. The van der Waals surface area contributed by atoms with Gasteiger partial charge in [-0.25, -0.2) is 9.37 Å². The summed E-state index contributed by atoms with van der Waals surface area (Å²) in [5.41, 5.74) is 2.58. The first-order valence-electron chi connectivity index (χ1n) is 8.15. The Labute approximate surface area is 159 Å². The molecule has 3 rings (SSSR count). The van der Waals surface area contributed by atoms with Gasteiger partial charge >= 0.3 is 4.87 Å². The number of methoxy groups -OCH3 is 1. The number of thiazole rings is 1. The van der Waals surface area contributed by atoms with E-state index in [1.54, 1.807) is 31.3 Å². The maximum Gasteiger partial charge on any atom is 0.308 e. The van der Waals surface area contributed by atoms with Gasteiger partial charge in [0.2, 0.25) is 11.8 Å². The Morgan fingerprint density at radius 2 is 2.00 bits per heavy atom. The summed E-state index contributed by atoms with van der Waals surface area (Å²) in [5.74, 6) is -0.456. The average molecular weight is 387 g/mol. The van der Waals surface area contributed by atoms with Crippen LogP contribution in [0.4, 0.5) is 10.1 Å². The number of amides is 1. The lowest BCUT2D eigenvalue weighted by Crippen LogP contribution is -2.25. The number of benzene rings is 1. The molecule has 0 atom stereocenters. The van der Waals surface area contributed by atoms with Crippen LogP contribution in [0.25, 0.3) is 11.3 Å². The fourth-order valence-electron chi connectivity index (χ4n) is 2.77. The summed E-state index contributed by atoms with van der Waals surface area (Å²) in [4.78, 5) is 29.5. The van der Waals surface area contributed by atoms with Crippen LogP contribution in [0.2, 0.25) is 0 Å². The summed E-state index contributed by atoms with van der Waals surface area (Å²) in [6.07, 6.45) is 1.63. The van der Waals surface area contributed by atoms with E-state index >= 15 is 0 Å². The van der Waals surface area contributed by atoms with Crippen LogP contribution in [-0.2, 0) is 11.3 Å². The molecule has 1 amide bonds. The molecule has 0 fully saturated rings. The van der Waals surface area contributed by atoms with Crippen molar-refractivity contribution in [3.63, 3.8) is 0 Å². The SMILES string of the molecule is COc1ncc(C)cc1NC(=O)Cn1c(-c2ccc(F)cc2)c(C)sc1=O. The molecule has 0 radical (unpaired) electrons. The van der Waals surface area contributed by atoms with Gasteiger partial charge in [-0.3, -0.25) is 14.2 Å². The van der Waals surface area contributed by atoms with Gasteiger partial charge in [0.1, 0.15) is 18.0 Å². The van der Waals surface area contributed by atoms with Crippen LogP contribution in [0, 0.1) is 19.7 Å². The van der Waals surface area contributed by atoms with Gasteiger partial charge in [-0.1, -0.05) is 11.3 Å². The van der Waals surface area contributed by atoms with Crippen LogP contribution in [0.3, 0.4) is 0 Å². The number of hydrogen-bond acceptors (Lipinski definition) is 5. The van der Waals surface area contributed by atoms with E-state index in [-0.39, 0.29) is 23.1 Å². The van der Waals surface area contributed by atoms with Gasteiger partial charge in [0, 0.05) is 11.1 Å². The molecule has 0 unspecified atom stereocenters. The van der Waals surface area contributed by atoms with Crippen LogP contribution < -0.4 is 14.9 Å². The highest BCUT2D eigenvalue weighted by atomic mass is 32.1. The smallest absolute Gasteiger partial charge is 0.308 e. The number of ether oxygens (including phenoxy) is 1. The Hall–Kier alpha value is -3.00. The first-order valence-corrected chi connectivity index (χ1v) is 8.97. The Morgan fingerprint density at radius 3 is 2.67 bits per heavy atom. The van der Waals surface area contributed by atoms with Gasteiger partial charge in [0.05, 0.1) is 12.8 Å². The van der Waals surface area contributed by atoms with Crippen molar-refractivity contribution >= 4 is 22.9 Å². The van der Waals surface area contributed by atoms with Crippen molar-refractivity contribution in [2.75, 3.05) is 12.4 Å². The predicted octanol–water partition coefficient (Wildman–Crippen LogP) is 3.38. The molecule has 8 heteroatoms. The maximum atomic E-state index is 13.2. The van der Waals surface area contributed by atoms with Crippen LogP contribution in [0.1, 0.15) is 10.4 Å². The zero-order valence-corrected chi connectivity index (χ0v) is 15.9. The van der Waals surface area contributed by atoms with Crippen molar-refractivity contribution in [3.8, 4) is 17.1 Å². The Balaban J connectivity index is 1.90. The molecule has 27 heavy (non-hydrogen) atoms. The van der Waals surface area contributed by atoms with E-state index in [2.05, 4.69) is 10.3 Å². The number of rotatable bonds is 5. The first kappa shape index (κ1) is 18.8. The van der Waals surface area contributed by atoms with Crippen molar-refractivity contribution in [2.24, 2.45) is 0 Å². The minimum atomic E-state index is -0.385. The third-order valence-corrected chi connectivity index (χ3v) is 4.83. The van der Waals surface area contributed by atoms with Crippen molar-refractivity contribution in [3.05, 3.63) is 62.5 Å². The number of pyridine rings is 1. The second kappa shape index (κ2) is 7.71. The molecule has 0 spiro atoms. The van der Waals surface area contributed by atoms with E-state index < -0.39 is 0 Å². The van der Waals surface area contributed by atoms with E-state index in [1.165, 1.54) is 23.8 Å². The van der Waals surface area contributed by atoms with E-state index in [4.69, 9.17) is 4.74 Å². The monoisotopic (exact) mass is 387 g/mol. The lowest BCUT2D eigenvalue weighted by molar-refractivity contribution is -0.116. The molecule has 140 valence electrons. The Morgan fingerprint density at radius 1 is 1.30 bits per heavy atom. The van der Waals surface area contributed by atoms with Crippen LogP contribution >= 0.6 is 11.3 Å². The maximum absolute atomic E-state index is 13.2. The molecule has 1 N–H and O–H groups in total. The average Bonchev–Trinajstić information content (AvgIpc) is 2.89. The summed E-state index contributed by atoms with van der Waals surface area (Å²) in [6.45, 7) is 3.47. The molecule has 2 aromatic heterocycles. The van der Waals surface area contributed by atoms with Gasteiger partial charge in [-0.15, -0.1) is 0 Å². The quantitative estimate of drug-likeness (QED) is 0.728. The molecule has 3 aromatic rings. The minimum Gasteiger partial charge on any atom is -0.480 e. The van der Waals surface area contributed by atoms with E-state index in [0.29, 0.717) is 22.8 Å². The molecule has 6 nitrogen and oxygen atoms in total. The van der Waals surface area contributed by atoms with Gasteiger partial charge in [0.15, 0.2) is 0 Å². The van der Waals surface area contributed by atoms with E-state index in [1.807, 2.05) is 6.92 Å². The molecule has 1 aromatic carbocycles. The predicted molar refractivity (Wildman–Crippen MR) is 103 cm³/mol. The van der Waals surface area contributed by atoms with Gasteiger partial charge in [-0.05, 0) is 55.3 Å². The fourth-order valence-corrected chi connectivity index (χ4v) is 3.62. The van der Waals surface area contributed by atoms with Crippen LogP contribution in [-0.4, -0.2) is 22.6 Å². The summed E-state index contributed by atoms with van der Waals surface area (Å²) in [6, 6.07) is 7.57. The second-order valence-electron chi connectivity index (χ2n) is 5.98. The Bertz CT molecular complexity index is 1040. The van der Waals surface area contributed by atoms with Crippen molar-refractivity contribution in [2.45, 2.75) is 20.4 Å². The second-order valence-corrected chi connectivity index (χ2v) is 7.15. The number of aromatic nitrogens is 2. The van der Waals surface area contributed by atoms with Gasteiger partial charge in [-0.2, -0.15) is 0 Å². The fraction of sp³-hybridized carbons (Fsp3) is 0.211. The summed E-state index contributed by atoms with van der Waals surface area (Å²) in [5, 5.41) is 2.73. The normalized spacial score (nSPS) is 10.7. The molecule has 0 aliphatic rings. The van der Waals surface area contributed by atoms with Crippen molar-refractivity contribution < 1.29 is 13.9 Å². The lowest BCUT2D eigenvalue weighted by Gasteiger charge is -2.12. The highest BCUT2D eigenvalue weighted by Gasteiger charge is 2.17. The Kier molecular flexibility index (Phi) is 5.36. The standard InChI is InChI=1S/C19H18FN3O3S/c1-11-8-15(18(26-3)21-9-11)22-16(24)10-23-17(12(2)27-19(23)25)13-4-6-14(20)7-5-13/h4-9H,10H2,1-3H3,(H,22,24). The number of hydrogen-bond donors (Lipinski definition) is 1. The number of carbonyl (C=O) groups excluding carboxylic acids is 1. The molecule has 0 aliphatic heterocycles. The molecule has 0 bridgehead atoms. The van der Waals surface area contributed by atoms with Crippen molar-refractivity contribution in [1.29, 1.82) is 0 Å². The molecule has 0 saturated heterocycles. The number of carbonyl (C=O) groups is 1. The zero-order valence-electron chi connectivity index (χ0n) is 15.1. The number of nitrogens with zero attached hydrogens (tertiary/aromatic N) is 2. The van der Waals surface area contributed by atoms with Crippen LogP contribution in [0.5, 0.6) is 5.88 Å². The topological polar surface area (TPSA) is 73.2 Å². The number of nitrogens with one attached hydrogen (secondary N) is 1.